The fraction of sp³-hybridized carbons (Fsp3) is 0. The first-order chi connectivity index (χ1) is 10.4. The summed E-state index contributed by atoms with van der Waals surface area (Å²) in [5.74, 6) is 0. The summed E-state index contributed by atoms with van der Waals surface area (Å²) in [6.07, 6.45) is 3.56. The fourth-order valence-electron chi connectivity index (χ4n) is 2.36. The first-order valence-corrected chi connectivity index (χ1v) is 6.72. The number of nitrogens with one attached hydrogen (secondary N) is 1. The highest BCUT2D eigenvalue weighted by atomic mass is 15.1. The lowest BCUT2D eigenvalue weighted by Gasteiger charge is -2.04. The lowest BCUT2D eigenvalue weighted by Crippen LogP contribution is -1.89. The summed E-state index contributed by atoms with van der Waals surface area (Å²) in [7, 11) is 0. The third kappa shape index (κ3) is 2.17. The van der Waals surface area contributed by atoms with E-state index in [0.717, 1.165) is 33.5 Å². The summed E-state index contributed by atoms with van der Waals surface area (Å²) in [4.78, 5) is 9.15. The Balaban J connectivity index is 1.83. The predicted molar refractivity (Wildman–Crippen MR) is 82.6 cm³/mol. The van der Waals surface area contributed by atoms with Crippen LogP contribution in [0.5, 0.6) is 0 Å². The van der Waals surface area contributed by atoms with Gasteiger partial charge in [0.25, 0.3) is 0 Å². The van der Waals surface area contributed by atoms with E-state index in [4.69, 9.17) is 0 Å². The number of fused-ring (bicyclic) bond motifs is 1. The van der Waals surface area contributed by atoms with E-state index in [-0.39, 0.29) is 0 Å². The highest BCUT2D eigenvalue weighted by Gasteiger charge is 2.05. The van der Waals surface area contributed by atoms with Crippen LogP contribution in [0.3, 0.4) is 0 Å². The Morgan fingerprint density at radius 3 is 2.52 bits per heavy atom. The van der Waals surface area contributed by atoms with Crippen molar-refractivity contribution in [1.82, 2.24) is 20.2 Å². The van der Waals surface area contributed by atoms with Gasteiger partial charge in [-0.2, -0.15) is 5.10 Å². The summed E-state index contributed by atoms with van der Waals surface area (Å²) in [5, 5.41) is 6.96. The van der Waals surface area contributed by atoms with Crippen molar-refractivity contribution >= 4 is 11.0 Å². The van der Waals surface area contributed by atoms with Gasteiger partial charge < -0.3 is 0 Å². The molecule has 4 aromatic rings. The van der Waals surface area contributed by atoms with Crippen molar-refractivity contribution < 1.29 is 0 Å². The molecule has 0 radical (unpaired) electrons. The Bertz CT molecular complexity index is 897. The van der Waals surface area contributed by atoms with Crippen LogP contribution in [0, 0.1) is 0 Å². The van der Waals surface area contributed by atoms with E-state index in [1.54, 1.807) is 6.20 Å². The topological polar surface area (TPSA) is 54.5 Å². The summed E-state index contributed by atoms with van der Waals surface area (Å²) in [6, 6.07) is 18.0. The van der Waals surface area contributed by atoms with Crippen LogP contribution in [-0.2, 0) is 0 Å². The molecular formula is C17H12N4. The highest BCUT2D eigenvalue weighted by molar-refractivity contribution is 5.78. The van der Waals surface area contributed by atoms with E-state index >= 15 is 0 Å². The van der Waals surface area contributed by atoms with E-state index < -0.39 is 0 Å². The predicted octanol–water partition coefficient (Wildman–Crippen LogP) is 3.69. The van der Waals surface area contributed by atoms with Crippen LogP contribution in [0.15, 0.2) is 67.0 Å². The van der Waals surface area contributed by atoms with Crippen LogP contribution in [0.1, 0.15) is 0 Å². The summed E-state index contributed by atoms with van der Waals surface area (Å²) >= 11 is 0. The molecule has 0 amide bonds. The zero-order valence-electron chi connectivity index (χ0n) is 11.2. The van der Waals surface area contributed by atoms with E-state index in [1.165, 1.54) is 0 Å². The Morgan fingerprint density at radius 1 is 0.810 bits per heavy atom. The maximum absolute atomic E-state index is 4.68. The number of benzene rings is 2. The SMILES string of the molecule is c1cc(-c2cnc3ccccc3n2)cc(-c2ccn[nH]2)c1. The molecule has 4 nitrogen and oxygen atoms in total. The molecule has 21 heavy (non-hydrogen) atoms. The van der Waals surface area contributed by atoms with E-state index in [9.17, 15) is 0 Å². The Hall–Kier alpha value is -3.01. The van der Waals surface area contributed by atoms with E-state index in [2.05, 4.69) is 26.2 Å². The van der Waals surface area contributed by atoms with E-state index in [1.807, 2.05) is 54.7 Å². The number of aromatic nitrogens is 4. The van der Waals surface area contributed by atoms with Gasteiger partial charge in [-0.1, -0.05) is 30.3 Å². The van der Waals surface area contributed by atoms with Gasteiger partial charge in [-0.05, 0) is 24.3 Å². The molecule has 2 aromatic heterocycles. The standard InChI is InChI=1S/C17H12N4/c1-2-7-16-15(6-1)18-11-17(20-16)13-5-3-4-12(10-13)14-8-9-19-21-14/h1-11H,(H,19,21). The monoisotopic (exact) mass is 272 g/mol. The van der Waals surface area contributed by atoms with Gasteiger partial charge in [0, 0.05) is 17.3 Å². The van der Waals surface area contributed by atoms with Crippen LogP contribution in [0.25, 0.3) is 33.5 Å². The first kappa shape index (κ1) is 11.8. The summed E-state index contributed by atoms with van der Waals surface area (Å²) in [5.41, 5.74) is 5.80. The van der Waals surface area contributed by atoms with Crippen molar-refractivity contribution in [3.8, 4) is 22.5 Å². The zero-order chi connectivity index (χ0) is 14.1. The first-order valence-electron chi connectivity index (χ1n) is 6.72. The number of nitrogens with zero attached hydrogens (tertiary/aromatic N) is 3. The Labute approximate surface area is 121 Å². The smallest absolute Gasteiger partial charge is 0.0894 e. The number of H-pyrrole nitrogens is 1. The molecule has 0 aliphatic carbocycles. The Morgan fingerprint density at radius 2 is 1.67 bits per heavy atom. The lowest BCUT2D eigenvalue weighted by atomic mass is 10.1. The zero-order valence-corrected chi connectivity index (χ0v) is 11.2. The maximum atomic E-state index is 4.68. The van der Waals surface area contributed by atoms with E-state index in [0.29, 0.717) is 0 Å². The molecule has 4 rings (SSSR count). The van der Waals surface area contributed by atoms with Crippen molar-refractivity contribution in [3.63, 3.8) is 0 Å². The van der Waals surface area contributed by atoms with Crippen LogP contribution in [0.4, 0.5) is 0 Å². The second-order valence-electron chi connectivity index (χ2n) is 4.80. The lowest BCUT2D eigenvalue weighted by molar-refractivity contribution is 1.10. The van der Waals surface area contributed by atoms with Gasteiger partial charge in [-0.15, -0.1) is 0 Å². The van der Waals surface area contributed by atoms with Gasteiger partial charge in [0.05, 0.1) is 28.6 Å². The van der Waals surface area contributed by atoms with Crippen molar-refractivity contribution in [2.45, 2.75) is 0 Å². The Kier molecular flexibility index (Phi) is 2.71. The van der Waals surface area contributed by atoms with Crippen molar-refractivity contribution in [2.24, 2.45) is 0 Å². The van der Waals surface area contributed by atoms with Gasteiger partial charge >= 0.3 is 0 Å². The number of para-hydroxylation sites is 2. The molecule has 0 saturated carbocycles. The number of hydrogen-bond donors (Lipinski definition) is 1. The van der Waals surface area contributed by atoms with Gasteiger partial charge in [0.1, 0.15) is 0 Å². The van der Waals surface area contributed by atoms with Gasteiger partial charge in [0.15, 0.2) is 0 Å². The average Bonchev–Trinajstić information content (AvgIpc) is 3.09. The van der Waals surface area contributed by atoms with Crippen LogP contribution in [0.2, 0.25) is 0 Å². The molecule has 2 aromatic carbocycles. The van der Waals surface area contributed by atoms with Crippen LogP contribution >= 0.6 is 0 Å². The summed E-state index contributed by atoms with van der Waals surface area (Å²) in [6.45, 7) is 0. The molecule has 0 aliphatic rings. The fourth-order valence-corrected chi connectivity index (χ4v) is 2.36. The molecule has 0 atom stereocenters. The highest BCUT2D eigenvalue weighted by Crippen LogP contribution is 2.24. The molecule has 2 heterocycles. The molecule has 0 saturated heterocycles. The van der Waals surface area contributed by atoms with Crippen molar-refractivity contribution in [1.29, 1.82) is 0 Å². The number of hydrogen-bond acceptors (Lipinski definition) is 3. The van der Waals surface area contributed by atoms with Gasteiger partial charge in [-0.3, -0.25) is 10.1 Å². The summed E-state index contributed by atoms with van der Waals surface area (Å²) < 4.78 is 0. The minimum absolute atomic E-state index is 0.870. The van der Waals surface area contributed by atoms with Crippen molar-refractivity contribution in [3.05, 3.63) is 67.0 Å². The molecular weight excluding hydrogens is 260 g/mol. The molecule has 100 valence electrons. The largest absolute Gasteiger partial charge is 0.278 e. The average molecular weight is 272 g/mol. The van der Waals surface area contributed by atoms with Crippen molar-refractivity contribution in [2.75, 3.05) is 0 Å². The molecule has 0 unspecified atom stereocenters. The second kappa shape index (κ2) is 4.83. The minimum atomic E-state index is 0.870. The number of aromatic amines is 1. The second-order valence-corrected chi connectivity index (χ2v) is 4.80. The van der Waals surface area contributed by atoms with Gasteiger partial charge in [0.2, 0.25) is 0 Å². The molecule has 0 bridgehead atoms. The maximum Gasteiger partial charge on any atom is 0.0894 e. The number of rotatable bonds is 2. The van der Waals surface area contributed by atoms with Crippen LogP contribution in [-0.4, -0.2) is 20.2 Å². The minimum Gasteiger partial charge on any atom is -0.278 e. The molecule has 0 aliphatic heterocycles. The normalized spacial score (nSPS) is 10.9. The quantitative estimate of drug-likeness (QED) is 0.605. The third-order valence-electron chi connectivity index (χ3n) is 3.42. The molecule has 1 N–H and O–H groups in total. The molecule has 0 spiro atoms. The third-order valence-corrected chi connectivity index (χ3v) is 3.42. The molecule has 0 fully saturated rings. The van der Waals surface area contributed by atoms with Gasteiger partial charge in [-0.25, -0.2) is 4.98 Å². The van der Waals surface area contributed by atoms with Crippen LogP contribution < -0.4 is 0 Å². The molecule has 4 heteroatoms.